The maximum absolute atomic E-state index is 2.73. The van der Waals surface area contributed by atoms with Gasteiger partial charge in [0, 0.05) is 38.3 Å². The number of thiophene rings is 1. The summed E-state index contributed by atoms with van der Waals surface area (Å²) >= 11 is 1.95. The molecule has 3 nitrogen and oxygen atoms in total. The average Bonchev–Trinajstić information content (AvgIpc) is 3.98. The zero-order chi connectivity index (χ0) is 45.8. The van der Waals surface area contributed by atoms with Crippen LogP contribution in [0.15, 0.2) is 102 Å². The van der Waals surface area contributed by atoms with E-state index in [0.29, 0.717) is 0 Å². The highest BCUT2D eigenvalue weighted by molar-refractivity contribution is 7.21. The first-order valence-electron chi connectivity index (χ1n) is 23.9. The number of fused-ring (bicyclic) bond motifs is 15. The average molecular weight is 868 g/mol. The maximum atomic E-state index is 2.73. The molecule has 0 saturated carbocycles. The summed E-state index contributed by atoms with van der Waals surface area (Å²) in [6, 6.07) is 39.1. The van der Waals surface area contributed by atoms with Crippen molar-refractivity contribution in [3.05, 3.63) is 130 Å². The standard InChI is InChI=1S/C60H62BN3S/c1-56(2,3)33-16-22-38(23-17-33)62-47-27-21-37(60(13,14)15)31-42(47)61-43-32-65-55-41-30-36(59(10,11)12)20-26-46(41)64(51(43)55)54-49-40-29-35(58(7,8)9)19-25-45(40)63-44-24-18-34(57(4,5)6)28-39(44)48(52(49)63)53(62)50(54)61/h16-32H,1-15H3. The second-order valence-electron chi connectivity index (χ2n) is 24.8. The van der Waals surface area contributed by atoms with Gasteiger partial charge in [0.15, 0.2) is 0 Å². The lowest BCUT2D eigenvalue weighted by molar-refractivity contribution is 0.590. The van der Waals surface area contributed by atoms with E-state index in [4.69, 9.17) is 0 Å². The van der Waals surface area contributed by atoms with Crippen LogP contribution in [0, 0.1) is 0 Å². The van der Waals surface area contributed by atoms with E-state index < -0.39 is 0 Å². The third-order valence-corrected chi connectivity index (χ3v) is 16.3. The molecule has 6 aromatic carbocycles. The van der Waals surface area contributed by atoms with E-state index in [0.717, 1.165) is 0 Å². The van der Waals surface area contributed by atoms with Crippen molar-refractivity contribution in [1.82, 2.24) is 8.97 Å². The van der Waals surface area contributed by atoms with Crippen LogP contribution in [0.25, 0.3) is 64.9 Å². The van der Waals surface area contributed by atoms with Gasteiger partial charge in [-0.2, -0.15) is 0 Å². The van der Waals surface area contributed by atoms with Crippen molar-refractivity contribution in [2.75, 3.05) is 4.90 Å². The molecule has 0 fully saturated rings. The first-order valence-corrected chi connectivity index (χ1v) is 24.8. The summed E-state index contributed by atoms with van der Waals surface area (Å²) in [4.78, 5) is 2.68. The molecule has 0 N–H and O–H groups in total. The largest absolute Gasteiger partial charge is 0.311 e. The van der Waals surface area contributed by atoms with Crippen LogP contribution in [0.3, 0.4) is 0 Å². The van der Waals surface area contributed by atoms with E-state index in [1.165, 1.54) is 126 Å². The van der Waals surface area contributed by atoms with Crippen molar-refractivity contribution in [1.29, 1.82) is 0 Å². The molecule has 4 aromatic heterocycles. The van der Waals surface area contributed by atoms with E-state index in [1.807, 2.05) is 11.3 Å². The number of rotatable bonds is 1. The van der Waals surface area contributed by atoms with Crippen LogP contribution in [0.5, 0.6) is 0 Å². The van der Waals surface area contributed by atoms with Gasteiger partial charge >= 0.3 is 0 Å². The molecule has 2 aliphatic heterocycles. The van der Waals surface area contributed by atoms with Crippen molar-refractivity contribution >= 4 is 111 Å². The minimum absolute atomic E-state index is 0.0152. The van der Waals surface area contributed by atoms with Crippen molar-refractivity contribution in [2.24, 2.45) is 0 Å². The van der Waals surface area contributed by atoms with Crippen LogP contribution in [-0.4, -0.2) is 15.7 Å². The van der Waals surface area contributed by atoms with Crippen LogP contribution in [0.1, 0.15) is 132 Å². The third-order valence-electron chi connectivity index (χ3n) is 15.3. The fourth-order valence-electron chi connectivity index (χ4n) is 11.5. The van der Waals surface area contributed by atoms with Gasteiger partial charge in [-0.25, -0.2) is 0 Å². The lowest BCUT2D eigenvalue weighted by Gasteiger charge is -2.41. The van der Waals surface area contributed by atoms with Gasteiger partial charge in [-0.15, -0.1) is 11.3 Å². The molecule has 65 heavy (non-hydrogen) atoms. The number of hydrogen-bond donors (Lipinski definition) is 0. The Hall–Kier alpha value is -5.52. The zero-order valence-electron chi connectivity index (χ0n) is 41.1. The van der Waals surface area contributed by atoms with Crippen LogP contribution in [-0.2, 0) is 27.1 Å². The second kappa shape index (κ2) is 12.7. The topological polar surface area (TPSA) is 12.6 Å². The Labute approximate surface area is 389 Å². The van der Waals surface area contributed by atoms with Crippen LogP contribution in [0.4, 0.5) is 17.1 Å². The van der Waals surface area contributed by atoms with Crippen LogP contribution < -0.4 is 21.3 Å². The van der Waals surface area contributed by atoms with E-state index in [2.05, 4.69) is 220 Å². The molecule has 6 heterocycles. The molecule has 0 atom stereocenters. The number of anilines is 3. The molecule has 0 spiro atoms. The fourth-order valence-corrected chi connectivity index (χ4v) is 12.6. The predicted octanol–water partition coefficient (Wildman–Crippen LogP) is 15.1. The smallest absolute Gasteiger partial charge is 0.253 e. The summed E-state index contributed by atoms with van der Waals surface area (Å²) in [5, 5.41) is 9.27. The predicted molar refractivity (Wildman–Crippen MR) is 286 cm³/mol. The Morgan fingerprint density at radius 3 is 1.43 bits per heavy atom. The molecule has 0 amide bonds. The summed E-state index contributed by atoms with van der Waals surface area (Å²) < 4.78 is 6.77. The van der Waals surface area contributed by atoms with E-state index >= 15 is 0 Å². The van der Waals surface area contributed by atoms with Gasteiger partial charge in [-0.3, -0.25) is 0 Å². The molecule has 0 saturated heterocycles. The Bertz CT molecular complexity index is 3670. The van der Waals surface area contributed by atoms with Gasteiger partial charge in [0.1, 0.15) is 0 Å². The summed E-state index contributed by atoms with van der Waals surface area (Å²) in [5.74, 6) is 0. The highest BCUT2D eigenvalue weighted by Crippen LogP contribution is 2.53. The van der Waals surface area contributed by atoms with Gasteiger partial charge in [0.25, 0.3) is 6.71 Å². The normalized spacial score (nSPS) is 14.6. The lowest BCUT2D eigenvalue weighted by atomic mass is 9.34. The molecule has 10 aromatic rings. The summed E-state index contributed by atoms with van der Waals surface area (Å²) in [5.41, 5.74) is 22.7. The van der Waals surface area contributed by atoms with Crippen molar-refractivity contribution < 1.29 is 0 Å². The summed E-state index contributed by atoms with van der Waals surface area (Å²) in [6.45, 7) is 35.3. The fraction of sp³-hybridized carbons (Fsp3) is 0.333. The van der Waals surface area contributed by atoms with E-state index in [1.54, 1.807) is 0 Å². The number of nitrogens with zero attached hydrogens (tertiary/aromatic N) is 3. The summed E-state index contributed by atoms with van der Waals surface area (Å²) in [7, 11) is 0. The van der Waals surface area contributed by atoms with Gasteiger partial charge < -0.3 is 13.9 Å². The van der Waals surface area contributed by atoms with Crippen molar-refractivity contribution in [3.8, 4) is 5.69 Å². The molecular formula is C60H62BN3S. The summed E-state index contributed by atoms with van der Waals surface area (Å²) in [6.07, 6.45) is 0. The van der Waals surface area contributed by atoms with E-state index in [9.17, 15) is 0 Å². The monoisotopic (exact) mass is 867 g/mol. The van der Waals surface area contributed by atoms with Crippen LogP contribution in [0.2, 0.25) is 0 Å². The first kappa shape index (κ1) is 41.0. The van der Waals surface area contributed by atoms with Gasteiger partial charge in [-0.1, -0.05) is 146 Å². The van der Waals surface area contributed by atoms with Crippen LogP contribution >= 0.6 is 11.3 Å². The quantitative estimate of drug-likeness (QED) is 0.150. The van der Waals surface area contributed by atoms with Crippen molar-refractivity contribution in [3.63, 3.8) is 0 Å². The molecule has 0 radical (unpaired) electrons. The van der Waals surface area contributed by atoms with Gasteiger partial charge in [0.05, 0.1) is 43.7 Å². The van der Waals surface area contributed by atoms with Gasteiger partial charge in [-0.05, 0) is 131 Å². The molecule has 12 rings (SSSR count). The molecule has 0 aliphatic carbocycles. The highest BCUT2D eigenvalue weighted by atomic mass is 32.1. The van der Waals surface area contributed by atoms with Gasteiger partial charge in [0.2, 0.25) is 0 Å². The van der Waals surface area contributed by atoms with E-state index in [-0.39, 0.29) is 33.8 Å². The molecular weight excluding hydrogens is 806 g/mol. The minimum Gasteiger partial charge on any atom is -0.311 e. The minimum atomic E-state index is -0.0225. The highest BCUT2D eigenvalue weighted by Gasteiger charge is 2.46. The Morgan fingerprint density at radius 1 is 0.431 bits per heavy atom. The Balaban J connectivity index is 1.37. The second-order valence-corrected chi connectivity index (χ2v) is 25.7. The Morgan fingerprint density at radius 2 is 0.892 bits per heavy atom. The zero-order valence-corrected chi connectivity index (χ0v) is 42.0. The first-order chi connectivity index (χ1) is 30.4. The third kappa shape index (κ3) is 5.54. The lowest BCUT2D eigenvalue weighted by Crippen LogP contribution is -2.60. The molecule has 2 aliphatic rings. The molecule has 0 bridgehead atoms. The molecule has 326 valence electrons. The molecule has 0 unspecified atom stereocenters. The number of benzene rings is 6. The van der Waals surface area contributed by atoms with Crippen molar-refractivity contribution in [2.45, 2.75) is 131 Å². The Kier molecular flexibility index (Phi) is 7.99. The molecule has 5 heteroatoms. The SMILES string of the molecule is CC(C)(C)c1ccc(N2c3ccc(C(C)(C)C)cc3B3c4c2c2c5cc(C(C)(C)C)ccc5n5c6ccc(C(C)(C)C)cc6c(c4-n4c6ccc(C(C)(C)C)cc6c6scc3c64)c25)cc1. The maximum Gasteiger partial charge on any atom is 0.253 e. The number of aromatic nitrogens is 2. The number of hydrogen-bond acceptors (Lipinski definition) is 2.